The second-order valence-corrected chi connectivity index (χ2v) is 4.60. The Kier molecular flexibility index (Phi) is 3.25. The highest BCUT2D eigenvalue weighted by molar-refractivity contribution is 5.36. The standard InChI is InChI=1S/C12H16N4O/c1-9-6-10(7-13)15-11(14-9)16-12(8-17)4-2-3-5-12/h6,17H,2-5,8H2,1H3,(H,14,15,16). The van der Waals surface area contributed by atoms with E-state index in [1.807, 2.05) is 13.0 Å². The Morgan fingerprint density at radius 1 is 1.47 bits per heavy atom. The molecule has 90 valence electrons. The first-order chi connectivity index (χ1) is 8.17. The average molecular weight is 232 g/mol. The van der Waals surface area contributed by atoms with Crippen molar-refractivity contribution in [3.63, 3.8) is 0 Å². The van der Waals surface area contributed by atoms with E-state index in [0.717, 1.165) is 31.4 Å². The van der Waals surface area contributed by atoms with Crippen LogP contribution in [-0.2, 0) is 0 Å². The van der Waals surface area contributed by atoms with Crippen LogP contribution in [0.15, 0.2) is 6.07 Å². The minimum atomic E-state index is -0.305. The van der Waals surface area contributed by atoms with E-state index >= 15 is 0 Å². The topological polar surface area (TPSA) is 81.8 Å². The van der Waals surface area contributed by atoms with Crippen molar-refractivity contribution < 1.29 is 5.11 Å². The smallest absolute Gasteiger partial charge is 0.224 e. The van der Waals surface area contributed by atoms with Crippen molar-refractivity contribution in [2.45, 2.75) is 38.1 Å². The third-order valence-electron chi connectivity index (χ3n) is 3.21. The number of nitriles is 1. The Bertz CT molecular complexity index is 446. The molecule has 1 heterocycles. The lowest BCUT2D eigenvalue weighted by Gasteiger charge is -2.27. The van der Waals surface area contributed by atoms with Crippen LogP contribution in [0.25, 0.3) is 0 Å². The molecular formula is C12H16N4O. The predicted molar refractivity (Wildman–Crippen MR) is 63.4 cm³/mol. The molecule has 1 fully saturated rings. The van der Waals surface area contributed by atoms with Gasteiger partial charge in [-0.15, -0.1) is 0 Å². The lowest BCUT2D eigenvalue weighted by molar-refractivity contribution is 0.213. The Hall–Kier alpha value is -1.67. The van der Waals surface area contributed by atoms with Crippen LogP contribution in [0.3, 0.4) is 0 Å². The molecule has 1 aromatic heterocycles. The predicted octanol–water partition coefficient (Wildman–Crippen LogP) is 1.37. The Labute approximate surface area is 101 Å². The SMILES string of the molecule is Cc1cc(C#N)nc(NC2(CO)CCCC2)n1. The second kappa shape index (κ2) is 4.68. The van der Waals surface area contributed by atoms with E-state index in [4.69, 9.17) is 5.26 Å². The molecule has 2 rings (SSSR count). The maximum absolute atomic E-state index is 9.49. The van der Waals surface area contributed by atoms with Gasteiger partial charge in [-0.25, -0.2) is 9.97 Å². The normalized spacial score (nSPS) is 17.7. The van der Waals surface area contributed by atoms with Crippen molar-refractivity contribution >= 4 is 5.95 Å². The molecule has 2 N–H and O–H groups in total. The van der Waals surface area contributed by atoms with Crippen LogP contribution >= 0.6 is 0 Å². The van der Waals surface area contributed by atoms with Gasteiger partial charge in [0.1, 0.15) is 11.8 Å². The molecule has 1 aliphatic carbocycles. The molecule has 5 heteroatoms. The van der Waals surface area contributed by atoms with Gasteiger partial charge in [0.15, 0.2) is 0 Å². The van der Waals surface area contributed by atoms with Crippen molar-refractivity contribution in [2.75, 3.05) is 11.9 Å². The van der Waals surface area contributed by atoms with Crippen molar-refractivity contribution in [3.05, 3.63) is 17.5 Å². The Balaban J connectivity index is 2.23. The highest BCUT2D eigenvalue weighted by Crippen LogP contribution is 2.31. The maximum atomic E-state index is 9.49. The second-order valence-electron chi connectivity index (χ2n) is 4.60. The molecular weight excluding hydrogens is 216 g/mol. The van der Waals surface area contributed by atoms with Crippen molar-refractivity contribution in [1.29, 1.82) is 5.26 Å². The molecule has 0 spiro atoms. The first-order valence-electron chi connectivity index (χ1n) is 5.82. The van der Waals surface area contributed by atoms with Gasteiger partial charge in [-0.3, -0.25) is 0 Å². The van der Waals surface area contributed by atoms with Crippen LogP contribution in [0, 0.1) is 18.3 Å². The zero-order chi connectivity index (χ0) is 12.3. The van der Waals surface area contributed by atoms with Gasteiger partial charge >= 0.3 is 0 Å². The number of aryl methyl sites for hydroxylation is 1. The third kappa shape index (κ3) is 2.53. The number of nitrogens with one attached hydrogen (secondary N) is 1. The average Bonchev–Trinajstić information content (AvgIpc) is 2.77. The number of aliphatic hydroxyl groups is 1. The molecule has 0 bridgehead atoms. The van der Waals surface area contributed by atoms with Crippen molar-refractivity contribution in [1.82, 2.24) is 9.97 Å². The molecule has 0 atom stereocenters. The molecule has 0 radical (unpaired) electrons. The zero-order valence-electron chi connectivity index (χ0n) is 9.90. The van der Waals surface area contributed by atoms with Crippen LogP contribution < -0.4 is 5.32 Å². The van der Waals surface area contributed by atoms with Crippen molar-refractivity contribution in [2.24, 2.45) is 0 Å². The summed E-state index contributed by atoms with van der Waals surface area (Å²) in [5, 5.41) is 21.5. The van der Waals surface area contributed by atoms with Gasteiger partial charge in [0.05, 0.1) is 12.1 Å². The van der Waals surface area contributed by atoms with Crippen LogP contribution in [0.1, 0.15) is 37.1 Å². The van der Waals surface area contributed by atoms with Gasteiger partial charge in [0.25, 0.3) is 0 Å². The summed E-state index contributed by atoms with van der Waals surface area (Å²) in [6, 6.07) is 3.65. The fourth-order valence-electron chi connectivity index (χ4n) is 2.29. The monoisotopic (exact) mass is 232 g/mol. The van der Waals surface area contributed by atoms with Gasteiger partial charge in [0.2, 0.25) is 5.95 Å². The van der Waals surface area contributed by atoms with Gasteiger partial charge in [0, 0.05) is 5.69 Å². The third-order valence-corrected chi connectivity index (χ3v) is 3.21. The van der Waals surface area contributed by atoms with Gasteiger partial charge < -0.3 is 10.4 Å². The number of rotatable bonds is 3. The summed E-state index contributed by atoms with van der Waals surface area (Å²) in [4.78, 5) is 8.37. The van der Waals surface area contributed by atoms with Crippen molar-refractivity contribution in [3.8, 4) is 6.07 Å². The van der Waals surface area contributed by atoms with Gasteiger partial charge in [-0.2, -0.15) is 5.26 Å². The Morgan fingerprint density at radius 2 is 2.18 bits per heavy atom. The van der Waals surface area contributed by atoms with Crippen LogP contribution in [0.5, 0.6) is 0 Å². The van der Waals surface area contributed by atoms with E-state index < -0.39 is 0 Å². The number of nitrogens with zero attached hydrogens (tertiary/aromatic N) is 3. The van der Waals surface area contributed by atoms with E-state index in [1.54, 1.807) is 6.07 Å². The molecule has 17 heavy (non-hydrogen) atoms. The highest BCUT2D eigenvalue weighted by atomic mass is 16.3. The van der Waals surface area contributed by atoms with E-state index in [1.165, 1.54) is 0 Å². The molecule has 1 saturated carbocycles. The van der Waals surface area contributed by atoms with E-state index in [-0.39, 0.29) is 12.1 Å². The molecule has 5 nitrogen and oxygen atoms in total. The summed E-state index contributed by atoms with van der Waals surface area (Å²) in [5.74, 6) is 0.442. The number of hydrogen-bond donors (Lipinski definition) is 2. The molecule has 1 aromatic rings. The maximum Gasteiger partial charge on any atom is 0.224 e. The van der Waals surface area contributed by atoms with Crippen LogP contribution in [0.4, 0.5) is 5.95 Å². The summed E-state index contributed by atoms with van der Waals surface area (Å²) in [6.45, 7) is 1.90. The number of aliphatic hydroxyl groups excluding tert-OH is 1. The highest BCUT2D eigenvalue weighted by Gasteiger charge is 2.33. The lowest BCUT2D eigenvalue weighted by Crippen LogP contribution is -2.39. The fraction of sp³-hybridized carbons (Fsp3) is 0.583. The first-order valence-corrected chi connectivity index (χ1v) is 5.82. The summed E-state index contributed by atoms with van der Waals surface area (Å²) in [5.41, 5.74) is 0.803. The quantitative estimate of drug-likeness (QED) is 0.822. The van der Waals surface area contributed by atoms with Gasteiger partial charge in [-0.05, 0) is 25.8 Å². The number of aromatic nitrogens is 2. The summed E-state index contributed by atoms with van der Waals surface area (Å²) in [6.07, 6.45) is 4.04. The molecule has 0 aromatic carbocycles. The fourth-order valence-corrected chi connectivity index (χ4v) is 2.29. The first kappa shape index (κ1) is 11.8. The van der Waals surface area contributed by atoms with Crippen LogP contribution in [-0.4, -0.2) is 27.2 Å². The number of hydrogen-bond acceptors (Lipinski definition) is 5. The minimum Gasteiger partial charge on any atom is -0.394 e. The molecule has 0 aliphatic heterocycles. The van der Waals surface area contributed by atoms with Gasteiger partial charge in [-0.1, -0.05) is 12.8 Å². The number of anilines is 1. The van der Waals surface area contributed by atoms with E-state index in [0.29, 0.717) is 11.6 Å². The van der Waals surface area contributed by atoms with E-state index in [2.05, 4.69) is 15.3 Å². The molecule has 0 unspecified atom stereocenters. The van der Waals surface area contributed by atoms with E-state index in [9.17, 15) is 5.11 Å². The van der Waals surface area contributed by atoms with Crippen LogP contribution in [0.2, 0.25) is 0 Å². The Morgan fingerprint density at radius 3 is 2.76 bits per heavy atom. The molecule has 0 saturated heterocycles. The molecule has 0 amide bonds. The summed E-state index contributed by atoms with van der Waals surface area (Å²) >= 11 is 0. The summed E-state index contributed by atoms with van der Waals surface area (Å²) in [7, 11) is 0. The minimum absolute atomic E-state index is 0.0756. The summed E-state index contributed by atoms with van der Waals surface area (Å²) < 4.78 is 0. The molecule has 1 aliphatic rings. The lowest BCUT2D eigenvalue weighted by atomic mass is 9.99. The largest absolute Gasteiger partial charge is 0.394 e. The zero-order valence-corrected chi connectivity index (χ0v) is 9.90.